The Hall–Kier alpha value is -3.53. The molecule has 1 N–H and O–H groups in total. The standard InChI is InChI=1S/C24H27F2N7O/c1-5-33-13-17-20(31-7-6-16(12-31)30(3)4)9-18(25)21(22(17)29-33)24(34)28-15-8-19(26)23-27-14(2)10-32(23)11-15/h8-11,13,16H,5-7,12H2,1-4H3,(H,28,34)/t16-/m0/s1. The lowest BCUT2D eigenvalue weighted by atomic mass is 10.1. The van der Waals surface area contributed by atoms with E-state index in [1.165, 1.54) is 16.5 Å². The molecule has 8 nitrogen and oxygen atoms in total. The van der Waals surface area contributed by atoms with Gasteiger partial charge in [0.2, 0.25) is 0 Å². The highest BCUT2D eigenvalue weighted by molar-refractivity contribution is 6.14. The molecule has 3 aromatic heterocycles. The molecule has 1 aliphatic rings. The molecule has 10 heteroatoms. The monoisotopic (exact) mass is 467 g/mol. The predicted molar refractivity (Wildman–Crippen MR) is 128 cm³/mol. The first-order valence-electron chi connectivity index (χ1n) is 11.3. The number of hydrogen-bond acceptors (Lipinski definition) is 5. The lowest BCUT2D eigenvalue weighted by Crippen LogP contribution is -2.31. The van der Waals surface area contributed by atoms with Gasteiger partial charge in [-0.2, -0.15) is 5.10 Å². The summed E-state index contributed by atoms with van der Waals surface area (Å²) < 4.78 is 33.1. The first kappa shape index (κ1) is 22.3. The van der Waals surface area contributed by atoms with Crippen LogP contribution in [0.25, 0.3) is 16.6 Å². The van der Waals surface area contributed by atoms with Crippen molar-refractivity contribution < 1.29 is 13.6 Å². The highest BCUT2D eigenvalue weighted by Crippen LogP contribution is 2.34. The van der Waals surface area contributed by atoms with Crippen molar-refractivity contribution in [3.63, 3.8) is 0 Å². The molecule has 0 bridgehead atoms. The van der Waals surface area contributed by atoms with Crippen LogP contribution in [0.5, 0.6) is 0 Å². The first-order valence-corrected chi connectivity index (χ1v) is 11.3. The minimum absolute atomic E-state index is 0.156. The number of fused-ring (bicyclic) bond motifs is 2. The minimum atomic E-state index is -0.682. The quantitative estimate of drug-likeness (QED) is 0.485. The molecule has 0 spiro atoms. The molecule has 1 fully saturated rings. The summed E-state index contributed by atoms with van der Waals surface area (Å²) in [6.45, 7) is 5.84. The highest BCUT2D eigenvalue weighted by Gasteiger charge is 2.29. The number of carbonyl (C=O) groups is 1. The van der Waals surface area contributed by atoms with Crippen molar-refractivity contribution in [1.82, 2.24) is 24.1 Å². The number of carbonyl (C=O) groups excluding carboxylic acids is 1. The van der Waals surface area contributed by atoms with E-state index >= 15 is 4.39 Å². The number of nitrogens with zero attached hydrogens (tertiary/aromatic N) is 6. The molecular weight excluding hydrogens is 440 g/mol. The Bertz CT molecular complexity index is 1410. The van der Waals surface area contributed by atoms with Gasteiger partial charge in [0.25, 0.3) is 5.91 Å². The Kier molecular flexibility index (Phi) is 5.47. The van der Waals surface area contributed by atoms with Gasteiger partial charge in [-0.25, -0.2) is 13.8 Å². The zero-order chi connectivity index (χ0) is 24.1. The van der Waals surface area contributed by atoms with Crippen LogP contribution < -0.4 is 10.2 Å². The fraction of sp³-hybridized carbons (Fsp3) is 0.375. The smallest absolute Gasteiger partial charge is 0.260 e. The molecule has 0 unspecified atom stereocenters. The Labute approximate surface area is 195 Å². The summed E-state index contributed by atoms with van der Waals surface area (Å²) in [7, 11) is 4.08. The van der Waals surface area contributed by atoms with Crippen LogP contribution >= 0.6 is 0 Å². The maximum atomic E-state index is 15.5. The van der Waals surface area contributed by atoms with Crippen molar-refractivity contribution in [2.24, 2.45) is 0 Å². The summed E-state index contributed by atoms with van der Waals surface area (Å²) in [5, 5.41) is 7.86. The van der Waals surface area contributed by atoms with Crippen LogP contribution in [0.15, 0.2) is 30.7 Å². The molecule has 0 radical (unpaired) electrons. The van der Waals surface area contributed by atoms with Gasteiger partial charge in [-0.05, 0) is 40.4 Å². The van der Waals surface area contributed by atoms with Gasteiger partial charge in [0, 0.05) is 55.7 Å². The summed E-state index contributed by atoms with van der Waals surface area (Å²) >= 11 is 0. The second-order valence-corrected chi connectivity index (χ2v) is 9.00. The topological polar surface area (TPSA) is 70.7 Å². The van der Waals surface area contributed by atoms with Crippen LogP contribution in [0.2, 0.25) is 0 Å². The van der Waals surface area contributed by atoms with E-state index in [2.05, 4.69) is 25.2 Å². The van der Waals surface area contributed by atoms with Crippen molar-refractivity contribution >= 4 is 33.8 Å². The van der Waals surface area contributed by atoms with Gasteiger partial charge in [-0.15, -0.1) is 0 Å². The van der Waals surface area contributed by atoms with E-state index in [9.17, 15) is 9.18 Å². The molecule has 178 valence electrons. The molecule has 34 heavy (non-hydrogen) atoms. The molecule has 4 heterocycles. The van der Waals surface area contributed by atoms with E-state index in [1.54, 1.807) is 24.0 Å². The average molecular weight is 468 g/mol. The second-order valence-electron chi connectivity index (χ2n) is 9.00. The number of imidazole rings is 1. The Morgan fingerprint density at radius 3 is 2.71 bits per heavy atom. The van der Waals surface area contributed by atoms with Gasteiger partial charge >= 0.3 is 0 Å². The summed E-state index contributed by atoms with van der Waals surface area (Å²) in [6, 6.07) is 2.97. The van der Waals surface area contributed by atoms with E-state index in [0.717, 1.165) is 30.6 Å². The molecular formula is C24H27F2N7O. The van der Waals surface area contributed by atoms with Crippen LogP contribution in [-0.4, -0.2) is 63.2 Å². The highest BCUT2D eigenvalue weighted by atomic mass is 19.1. The second kappa shape index (κ2) is 8.35. The number of amides is 1. The first-order chi connectivity index (χ1) is 16.2. The van der Waals surface area contributed by atoms with Gasteiger partial charge in [0.05, 0.1) is 17.1 Å². The van der Waals surface area contributed by atoms with Crippen molar-refractivity contribution in [2.75, 3.05) is 37.4 Å². The average Bonchev–Trinajstić information content (AvgIpc) is 3.50. The number of aromatic nitrogens is 4. The predicted octanol–water partition coefficient (Wildman–Crippen LogP) is 3.68. The van der Waals surface area contributed by atoms with Crippen molar-refractivity contribution in [2.45, 2.75) is 32.9 Å². The van der Waals surface area contributed by atoms with Crippen molar-refractivity contribution in [3.05, 3.63) is 53.6 Å². The zero-order valence-electron chi connectivity index (χ0n) is 19.6. The number of nitrogens with one attached hydrogen (secondary N) is 1. The summed E-state index contributed by atoms with van der Waals surface area (Å²) in [5.74, 6) is -1.92. The number of anilines is 2. The maximum absolute atomic E-state index is 15.5. The maximum Gasteiger partial charge on any atom is 0.260 e. The Morgan fingerprint density at radius 1 is 1.21 bits per heavy atom. The number of benzene rings is 1. The Morgan fingerprint density at radius 2 is 2.00 bits per heavy atom. The number of pyridine rings is 1. The van der Waals surface area contributed by atoms with Crippen LogP contribution in [0, 0.1) is 18.6 Å². The van der Waals surface area contributed by atoms with E-state index < -0.39 is 17.5 Å². The number of hydrogen-bond donors (Lipinski definition) is 1. The van der Waals surface area contributed by atoms with Gasteiger partial charge in [-0.3, -0.25) is 9.48 Å². The van der Waals surface area contributed by atoms with Crippen LogP contribution in [0.4, 0.5) is 20.2 Å². The SMILES string of the molecule is CCn1cc2c(N3CC[C@H](N(C)C)C3)cc(F)c(C(=O)Nc3cc(F)c4nc(C)cn4c3)c2n1. The molecule has 1 aliphatic heterocycles. The number of halogens is 2. The largest absolute Gasteiger partial charge is 0.369 e. The van der Waals surface area contributed by atoms with E-state index in [-0.39, 0.29) is 16.9 Å². The fourth-order valence-electron chi connectivity index (χ4n) is 4.64. The van der Waals surface area contributed by atoms with Gasteiger partial charge < -0.3 is 19.5 Å². The fourth-order valence-corrected chi connectivity index (χ4v) is 4.64. The third-order valence-electron chi connectivity index (χ3n) is 6.45. The molecule has 5 rings (SSSR count). The Balaban J connectivity index is 1.54. The van der Waals surface area contributed by atoms with E-state index in [1.807, 2.05) is 27.2 Å². The molecule has 0 aliphatic carbocycles. The lowest BCUT2D eigenvalue weighted by Gasteiger charge is -2.23. The third-order valence-corrected chi connectivity index (χ3v) is 6.45. The molecule has 1 atom stereocenters. The van der Waals surface area contributed by atoms with Crippen molar-refractivity contribution in [3.8, 4) is 0 Å². The van der Waals surface area contributed by atoms with Crippen molar-refractivity contribution in [1.29, 1.82) is 0 Å². The minimum Gasteiger partial charge on any atom is -0.369 e. The molecule has 1 aromatic carbocycles. The van der Waals surface area contributed by atoms with Crippen LogP contribution in [0.1, 0.15) is 29.4 Å². The van der Waals surface area contributed by atoms with Gasteiger partial charge in [0.1, 0.15) is 16.9 Å². The summed E-state index contributed by atoms with van der Waals surface area (Å²) in [5.41, 5.74) is 1.88. The molecule has 1 saturated heterocycles. The van der Waals surface area contributed by atoms with Gasteiger partial charge in [0.15, 0.2) is 11.5 Å². The molecule has 1 amide bonds. The number of likely N-dealkylation sites (N-methyl/N-ethyl adjacent to an activating group) is 1. The van der Waals surface area contributed by atoms with E-state index in [0.29, 0.717) is 23.8 Å². The third kappa shape index (κ3) is 3.77. The summed E-state index contributed by atoms with van der Waals surface area (Å²) in [4.78, 5) is 21.6. The number of aryl methyl sites for hydroxylation is 2. The van der Waals surface area contributed by atoms with Crippen LogP contribution in [0.3, 0.4) is 0 Å². The lowest BCUT2D eigenvalue weighted by molar-refractivity contribution is 0.102. The summed E-state index contributed by atoms with van der Waals surface area (Å²) in [6.07, 6.45) is 6.03. The van der Waals surface area contributed by atoms with Crippen LogP contribution in [-0.2, 0) is 6.54 Å². The normalized spacial score (nSPS) is 16.3. The molecule has 0 saturated carbocycles. The number of rotatable bonds is 5. The van der Waals surface area contributed by atoms with E-state index in [4.69, 9.17) is 0 Å². The van der Waals surface area contributed by atoms with Gasteiger partial charge in [-0.1, -0.05) is 0 Å². The zero-order valence-corrected chi connectivity index (χ0v) is 19.6. The molecule has 4 aromatic rings.